The molecule has 0 saturated carbocycles. The van der Waals surface area contributed by atoms with Gasteiger partial charge >= 0.3 is 0 Å². The third-order valence-electron chi connectivity index (χ3n) is 1.75. The Hall–Kier alpha value is -1.07. The fraction of sp³-hybridized carbons (Fsp3) is 0.250. The third kappa shape index (κ3) is 2.43. The summed E-state index contributed by atoms with van der Waals surface area (Å²) in [7, 11) is -2.64. The van der Waals surface area contributed by atoms with Crippen LogP contribution in [0, 0.1) is 0 Å². The highest BCUT2D eigenvalue weighted by molar-refractivity contribution is 7.72. The molecule has 0 spiro atoms. The van der Waals surface area contributed by atoms with Crippen LogP contribution in [0.5, 0.6) is 0 Å². The van der Waals surface area contributed by atoms with E-state index in [4.69, 9.17) is 10.8 Å². The quantitative estimate of drug-likeness (QED) is 0.472. The van der Waals surface area contributed by atoms with Crippen LogP contribution in [0.3, 0.4) is 0 Å². The van der Waals surface area contributed by atoms with Crippen molar-refractivity contribution in [3.05, 3.63) is 29.8 Å². The molecule has 3 N–H and O–H groups in total. The van der Waals surface area contributed by atoms with Crippen molar-refractivity contribution in [2.45, 2.75) is 5.25 Å². The summed E-state index contributed by atoms with van der Waals surface area (Å²) in [6.07, 6.45) is 0. The topological polar surface area (TPSA) is 80.4 Å². The minimum Gasteiger partial charge on any atom is -0.399 e. The summed E-state index contributed by atoms with van der Waals surface area (Å²) < 4.78 is 21.3. The second-order valence-electron chi connectivity index (χ2n) is 2.65. The molecule has 1 atom stereocenters. The summed E-state index contributed by atoms with van der Waals surface area (Å²) in [5, 5.41) is 7.98. The molecule has 72 valence electrons. The molecular weight excluding hydrogens is 190 g/mol. The van der Waals surface area contributed by atoms with Crippen molar-refractivity contribution in [3.63, 3.8) is 0 Å². The molecule has 1 unspecified atom stereocenters. The summed E-state index contributed by atoms with van der Waals surface area (Å²) in [6.45, 7) is -0.400. The number of rotatable bonds is 3. The van der Waals surface area contributed by atoms with Crippen molar-refractivity contribution in [3.8, 4) is 0 Å². The first-order valence-corrected chi connectivity index (χ1v) is 4.99. The predicted octanol–water partition coefficient (Wildman–Crippen LogP) is -0.0864. The summed E-state index contributed by atoms with van der Waals surface area (Å²) in [4.78, 5) is 0. The van der Waals surface area contributed by atoms with Crippen molar-refractivity contribution >= 4 is 16.4 Å². The Bertz CT molecular complexity index is 337. The number of benzene rings is 1. The molecule has 0 aliphatic rings. The first-order valence-electron chi connectivity index (χ1n) is 3.75. The van der Waals surface area contributed by atoms with Crippen LogP contribution in [0.4, 0.5) is 5.69 Å². The standard InChI is InChI=1S/C8H11NO3S/c9-7-3-1-6(2-4-7)8(5-10)13(11)12/h1-4,8,10,13H,5,9H2. The molecule has 1 rings (SSSR count). The molecule has 5 heteroatoms. The second-order valence-corrected chi connectivity index (χ2v) is 3.84. The molecule has 0 bridgehead atoms. The molecule has 0 heterocycles. The predicted molar refractivity (Wildman–Crippen MR) is 51.0 cm³/mol. The van der Waals surface area contributed by atoms with E-state index in [1.54, 1.807) is 24.3 Å². The number of nitrogen functional groups attached to an aromatic ring is 1. The molecule has 0 aliphatic carbocycles. The highest BCUT2D eigenvalue weighted by atomic mass is 32.2. The summed E-state index contributed by atoms with van der Waals surface area (Å²) in [5.41, 5.74) is 6.56. The monoisotopic (exact) mass is 201 g/mol. The van der Waals surface area contributed by atoms with Gasteiger partial charge in [0.25, 0.3) is 0 Å². The zero-order chi connectivity index (χ0) is 9.84. The number of aliphatic hydroxyl groups is 1. The van der Waals surface area contributed by atoms with Crippen LogP contribution >= 0.6 is 0 Å². The normalized spacial score (nSPS) is 13.1. The van der Waals surface area contributed by atoms with Crippen LogP contribution in [-0.2, 0) is 10.7 Å². The minimum absolute atomic E-state index is 0.400. The second kappa shape index (κ2) is 4.25. The highest BCUT2D eigenvalue weighted by Gasteiger charge is 2.12. The maximum atomic E-state index is 10.7. The third-order valence-corrected chi connectivity index (χ3v) is 2.72. The van der Waals surface area contributed by atoms with Gasteiger partial charge in [-0.15, -0.1) is 0 Å². The maximum absolute atomic E-state index is 10.7. The first kappa shape index (κ1) is 10.0. The van der Waals surface area contributed by atoms with Gasteiger partial charge in [0.2, 0.25) is 0 Å². The molecule has 0 saturated heterocycles. The molecule has 0 radical (unpaired) electrons. The van der Waals surface area contributed by atoms with E-state index < -0.39 is 22.6 Å². The van der Waals surface area contributed by atoms with Crippen molar-refractivity contribution < 1.29 is 13.5 Å². The zero-order valence-corrected chi connectivity index (χ0v) is 7.78. The maximum Gasteiger partial charge on any atom is 0.149 e. The molecule has 4 nitrogen and oxygen atoms in total. The fourth-order valence-electron chi connectivity index (χ4n) is 1.01. The summed E-state index contributed by atoms with van der Waals surface area (Å²) in [5.74, 6) is 0. The molecule has 1 aromatic rings. The van der Waals surface area contributed by atoms with E-state index in [-0.39, 0.29) is 0 Å². The van der Waals surface area contributed by atoms with Gasteiger partial charge in [-0.2, -0.15) is 0 Å². The van der Waals surface area contributed by atoms with E-state index in [2.05, 4.69) is 0 Å². The molecule has 0 aromatic heterocycles. The molecule has 0 amide bonds. The SMILES string of the molecule is Nc1ccc(C(CO)[SH](=O)=O)cc1. The number of aliphatic hydroxyl groups excluding tert-OH is 1. The van der Waals surface area contributed by atoms with Crippen LogP contribution in [0.25, 0.3) is 0 Å². The lowest BCUT2D eigenvalue weighted by molar-refractivity contribution is 0.293. The Balaban J connectivity index is 2.99. The Morgan fingerprint density at radius 3 is 2.23 bits per heavy atom. The van der Waals surface area contributed by atoms with E-state index in [0.717, 1.165) is 0 Å². The lowest BCUT2D eigenvalue weighted by Crippen LogP contribution is -2.05. The van der Waals surface area contributed by atoms with Crippen molar-refractivity contribution in [1.29, 1.82) is 0 Å². The van der Waals surface area contributed by atoms with Gasteiger partial charge in [0.15, 0.2) is 0 Å². The van der Waals surface area contributed by atoms with Crippen molar-refractivity contribution in [2.24, 2.45) is 0 Å². The van der Waals surface area contributed by atoms with Gasteiger partial charge < -0.3 is 10.8 Å². The lowest BCUT2D eigenvalue weighted by atomic mass is 10.1. The fourth-order valence-corrected chi connectivity index (χ4v) is 1.56. The van der Waals surface area contributed by atoms with E-state index >= 15 is 0 Å². The van der Waals surface area contributed by atoms with Crippen molar-refractivity contribution in [2.75, 3.05) is 12.3 Å². The Kier molecular flexibility index (Phi) is 3.27. The van der Waals surface area contributed by atoms with Gasteiger partial charge in [-0.05, 0) is 17.7 Å². The van der Waals surface area contributed by atoms with Gasteiger partial charge in [0, 0.05) is 5.69 Å². The molecule has 0 fully saturated rings. The van der Waals surface area contributed by atoms with Gasteiger partial charge in [-0.25, -0.2) is 8.42 Å². The average Bonchev–Trinajstić information content (AvgIpc) is 2.09. The van der Waals surface area contributed by atoms with Gasteiger partial charge in [0.05, 0.1) is 6.61 Å². The van der Waals surface area contributed by atoms with Crippen LogP contribution in [0.1, 0.15) is 10.8 Å². The molecule has 1 aromatic carbocycles. The number of thiol groups is 1. The van der Waals surface area contributed by atoms with Crippen LogP contribution in [0.15, 0.2) is 24.3 Å². The molecule has 13 heavy (non-hydrogen) atoms. The number of nitrogens with two attached hydrogens (primary N) is 1. The van der Waals surface area contributed by atoms with Crippen molar-refractivity contribution in [1.82, 2.24) is 0 Å². The summed E-state index contributed by atoms with van der Waals surface area (Å²) >= 11 is 0. The Morgan fingerprint density at radius 2 is 1.85 bits per heavy atom. The highest BCUT2D eigenvalue weighted by Crippen LogP contribution is 2.17. The van der Waals surface area contributed by atoms with E-state index in [1.165, 1.54) is 0 Å². The van der Waals surface area contributed by atoms with E-state index in [9.17, 15) is 8.42 Å². The smallest absolute Gasteiger partial charge is 0.149 e. The summed E-state index contributed by atoms with van der Waals surface area (Å²) in [6, 6.07) is 6.41. The van der Waals surface area contributed by atoms with Crippen LogP contribution in [-0.4, -0.2) is 20.1 Å². The number of anilines is 1. The van der Waals surface area contributed by atoms with E-state index in [1.807, 2.05) is 0 Å². The molecular formula is C8H11NO3S. The average molecular weight is 201 g/mol. The molecule has 0 aliphatic heterocycles. The lowest BCUT2D eigenvalue weighted by Gasteiger charge is -2.06. The van der Waals surface area contributed by atoms with Gasteiger partial charge in [-0.1, -0.05) is 12.1 Å². The first-order chi connectivity index (χ1) is 6.15. The van der Waals surface area contributed by atoms with E-state index in [0.29, 0.717) is 11.3 Å². The van der Waals surface area contributed by atoms with Gasteiger partial charge in [-0.3, -0.25) is 0 Å². The van der Waals surface area contributed by atoms with Crippen LogP contribution < -0.4 is 5.73 Å². The largest absolute Gasteiger partial charge is 0.399 e. The van der Waals surface area contributed by atoms with Crippen LogP contribution in [0.2, 0.25) is 0 Å². The Labute approximate surface area is 78.0 Å². The zero-order valence-electron chi connectivity index (χ0n) is 6.88. The number of hydrogen-bond donors (Lipinski definition) is 3. The minimum atomic E-state index is -2.64. The number of hydrogen-bond acceptors (Lipinski definition) is 4. The van der Waals surface area contributed by atoms with Gasteiger partial charge in [0.1, 0.15) is 16.0 Å². The Morgan fingerprint density at radius 1 is 1.31 bits per heavy atom.